The predicted octanol–water partition coefficient (Wildman–Crippen LogP) is 4.63. The van der Waals surface area contributed by atoms with Gasteiger partial charge in [0.05, 0.1) is 12.7 Å². The van der Waals surface area contributed by atoms with Crippen LogP contribution in [0.25, 0.3) is 0 Å². The number of hydrogen-bond donors (Lipinski definition) is 0. The number of anilines is 1. The number of piperidine rings is 1. The van der Waals surface area contributed by atoms with Gasteiger partial charge in [-0.1, -0.05) is 52.3 Å². The Labute approximate surface area is 134 Å². The molecule has 2 aromatic carbocycles. The first-order chi connectivity index (χ1) is 10.3. The maximum absolute atomic E-state index is 6.04. The van der Waals surface area contributed by atoms with Gasteiger partial charge in [0.15, 0.2) is 0 Å². The second kappa shape index (κ2) is 7.10. The Bertz CT molecular complexity index is 564. The fourth-order valence-electron chi connectivity index (χ4n) is 2.74. The van der Waals surface area contributed by atoms with Gasteiger partial charge in [0, 0.05) is 23.2 Å². The first-order valence-corrected chi connectivity index (χ1v) is 8.26. The lowest BCUT2D eigenvalue weighted by molar-refractivity contribution is 0.0251. The van der Waals surface area contributed by atoms with Crippen molar-refractivity contribution in [1.82, 2.24) is 0 Å². The van der Waals surface area contributed by atoms with E-state index >= 15 is 0 Å². The van der Waals surface area contributed by atoms with Crippen LogP contribution in [0.4, 0.5) is 5.69 Å². The minimum absolute atomic E-state index is 0.383. The molecule has 0 N–H and O–H groups in total. The summed E-state index contributed by atoms with van der Waals surface area (Å²) in [6.45, 7) is 2.86. The summed E-state index contributed by atoms with van der Waals surface area (Å²) < 4.78 is 7.18. The fourth-order valence-corrected chi connectivity index (χ4v) is 3.13. The van der Waals surface area contributed by atoms with E-state index in [4.69, 9.17) is 4.74 Å². The highest BCUT2D eigenvalue weighted by atomic mass is 79.9. The number of nitrogens with zero attached hydrogens (tertiary/aromatic N) is 1. The van der Waals surface area contributed by atoms with Gasteiger partial charge in [-0.2, -0.15) is 0 Å². The topological polar surface area (TPSA) is 12.5 Å². The van der Waals surface area contributed by atoms with Crippen molar-refractivity contribution >= 4 is 21.6 Å². The number of hydrogen-bond acceptors (Lipinski definition) is 2. The Morgan fingerprint density at radius 3 is 2.48 bits per heavy atom. The van der Waals surface area contributed by atoms with Crippen LogP contribution in [0.15, 0.2) is 59.1 Å². The zero-order valence-corrected chi connectivity index (χ0v) is 13.6. The number of benzene rings is 2. The first-order valence-electron chi connectivity index (χ1n) is 7.47. The third-order valence-corrected chi connectivity index (χ3v) is 4.44. The Morgan fingerprint density at radius 1 is 1.00 bits per heavy atom. The molecule has 0 bridgehead atoms. The van der Waals surface area contributed by atoms with Crippen LogP contribution >= 0.6 is 15.9 Å². The summed E-state index contributed by atoms with van der Waals surface area (Å²) in [6.07, 6.45) is 2.58. The van der Waals surface area contributed by atoms with Gasteiger partial charge in [-0.15, -0.1) is 0 Å². The van der Waals surface area contributed by atoms with Crippen LogP contribution in [0.1, 0.15) is 18.4 Å². The van der Waals surface area contributed by atoms with Crippen LogP contribution < -0.4 is 4.90 Å². The van der Waals surface area contributed by atoms with E-state index in [1.165, 1.54) is 11.3 Å². The van der Waals surface area contributed by atoms with Crippen molar-refractivity contribution in [2.75, 3.05) is 18.0 Å². The molecule has 0 saturated carbocycles. The largest absolute Gasteiger partial charge is 0.373 e. The molecule has 2 nitrogen and oxygen atoms in total. The normalized spacial score (nSPS) is 16.1. The molecule has 0 amide bonds. The Morgan fingerprint density at radius 2 is 1.76 bits per heavy atom. The summed E-state index contributed by atoms with van der Waals surface area (Å²) in [5.74, 6) is 0. The summed E-state index contributed by atoms with van der Waals surface area (Å²) >= 11 is 3.54. The Kier molecular flexibility index (Phi) is 4.94. The zero-order valence-electron chi connectivity index (χ0n) is 12.0. The maximum Gasteiger partial charge on any atom is 0.0720 e. The molecule has 3 rings (SSSR count). The molecule has 1 heterocycles. The highest BCUT2D eigenvalue weighted by Crippen LogP contribution is 2.24. The van der Waals surface area contributed by atoms with E-state index in [9.17, 15) is 0 Å². The minimum atomic E-state index is 0.383. The van der Waals surface area contributed by atoms with Crippen LogP contribution in [0.2, 0.25) is 0 Å². The van der Waals surface area contributed by atoms with Crippen LogP contribution in [0.3, 0.4) is 0 Å². The van der Waals surface area contributed by atoms with Crippen LogP contribution in [0.5, 0.6) is 0 Å². The monoisotopic (exact) mass is 345 g/mol. The average Bonchev–Trinajstić information content (AvgIpc) is 2.54. The second-order valence-corrected chi connectivity index (χ2v) is 6.38. The van der Waals surface area contributed by atoms with Crippen molar-refractivity contribution in [1.29, 1.82) is 0 Å². The first kappa shape index (κ1) is 14.6. The fraction of sp³-hybridized carbons (Fsp3) is 0.333. The molecule has 1 saturated heterocycles. The SMILES string of the molecule is Brc1cccc(N2CCC(OCc3ccccc3)CC2)c1. The Hall–Kier alpha value is -1.32. The summed E-state index contributed by atoms with van der Waals surface area (Å²) in [4.78, 5) is 2.44. The van der Waals surface area contributed by atoms with E-state index in [2.05, 4.69) is 69.4 Å². The summed E-state index contributed by atoms with van der Waals surface area (Å²) in [5.41, 5.74) is 2.55. The van der Waals surface area contributed by atoms with E-state index in [0.29, 0.717) is 6.10 Å². The molecule has 1 aliphatic heterocycles. The van der Waals surface area contributed by atoms with Crippen LogP contribution in [-0.4, -0.2) is 19.2 Å². The lowest BCUT2D eigenvalue weighted by Gasteiger charge is -2.33. The quantitative estimate of drug-likeness (QED) is 0.800. The van der Waals surface area contributed by atoms with E-state index in [-0.39, 0.29) is 0 Å². The lowest BCUT2D eigenvalue weighted by atomic mass is 10.1. The molecule has 1 fully saturated rings. The van der Waals surface area contributed by atoms with Gasteiger partial charge in [-0.25, -0.2) is 0 Å². The van der Waals surface area contributed by atoms with Crippen molar-refractivity contribution in [3.63, 3.8) is 0 Å². The van der Waals surface area contributed by atoms with Gasteiger partial charge in [0.25, 0.3) is 0 Å². The van der Waals surface area contributed by atoms with Gasteiger partial charge in [0.1, 0.15) is 0 Å². The predicted molar refractivity (Wildman–Crippen MR) is 90.6 cm³/mol. The minimum Gasteiger partial charge on any atom is -0.373 e. The van der Waals surface area contributed by atoms with E-state index < -0.39 is 0 Å². The smallest absolute Gasteiger partial charge is 0.0720 e. The van der Waals surface area contributed by atoms with Crippen molar-refractivity contribution in [2.45, 2.75) is 25.6 Å². The van der Waals surface area contributed by atoms with Crippen molar-refractivity contribution in [2.24, 2.45) is 0 Å². The summed E-state index contributed by atoms with van der Waals surface area (Å²) in [5, 5.41) is 0. The number of rotatable bonds is 4. The van der Waals surface area contributed by atoms with E-state index in [1.807, 2.05) is 6.07 Å². The summed E-state index contributed by atoms with van der Waals surface area (Å²) in [7, 11) is 0. The zero-order chi connectivity index (χ0) is 14.5. The third-order valence-electron chi connectivity index (χ3n) is 3.94. The van der Waals surface area contributed by atoms with E-state index in [0.717, 1.165) is 37.0 Å². The van der Waals surface area contributed by atoms with Crippen molar-refractivity contribution in [3.8, 4) is 0 Å². The van der Waals surface area contributed by atoms with Gasteiger partial charge in [-0.05, 0) is 36.6 Å². The van der Waals surface area contributed by atoms with Gasteiger partial charge in [0.2, 0.25) is 0 Å². The number of ether oxygens (including phenoxy) is 1. The lowest BCUT2D eigenvalue weighted by Crippen LogP contribution is -2.36. The average molecular weight is 346 g/mol. The second-order valence-electron chi connectivity index (χ2n) is 5.46. The molecule has 0 atom stereocenters. The standard InChI is InChI=1S/C18H20BrNO/c19-16-7-4-8-17(13-16)20-11-9-18(10-12-20)21-14-15-5-2-1-3-6-15/h1-8,13,18H,9-12,14H2. The van der Waals surface area contributed by atoms with Crippen molar-refractivity contribution < 1.29 is 4.74 Å². The van der Waals surface area contributed by atoms with Crippen LogP contribution in [-0.2, 0) is 11.3 Å². The highest BCUT2D eigenvalue weighted by molar-refractivity contribution is 9.10. The van der Waals surface area contributed by atoms with Gasteiger partial charge >= 0.3 is 0 Å². The van der Waals surface area contributed by atoms with E-state index in [1.54, 1.807) is 0 Å². The molecular formula is C18H20BrNO. The molecular weight excluding hydrogens is 326 g/mol. The van der Waals surface area contributed by atoms with Gasteiger partial charge < -0.3 is 9.64 Å². The highest BCUT2D eigenvalue weighted by Gasteiger charge is 2.19. The molecule has 0 radical (unpaired) electrons. The number of halogens is 1. The molecule has 0 spiro atoms. The molecule has 1 aliphatic rings. The molecule has 0 unspecified atom stereocenters. The molecule has 21 heavy (non-hydrogen) atoms. The maximum atomic E-state index is 6.04. The Balaban J connectivity index is 1.49. The molecule has 0 aliphatic carbocycles. The molecule has 2 aromatic rings. The summed E-state index contributed by atoms with van der Waals surface area (Å²) in [6, 6.07) is 18.9. The van der Waals surface area contributed by atoms with Crippen molar-refractivity contribution in [3.05, 3.63) is 64.6 Å². The molecule has 110 valence electrons. The molecule has 3 heteroatoms. The third kappa shape index (κ3) is 4.08. The van der Waals surface area contributed by atoms with Crippen LogP contribution in [0, 0.1) is 0 Å². The van der Waals surface area contributed by atoms with Gasteiger partial charge in [-0.3, -0.25) is 0 Å². The molecule has 0 aromatic heterocycles.